The van der Waals surface area contributed by atoms with Gasteiger partial charge in [-0.1, -0.05) is 117 Å². The largest absolute Gasteiger partial charge is 0.311 e. The maximum atomic E-state index is 8.65. The summed E-state index contributed by atoms with van der Waals surface area (Å²) in [6.07, 6.45) is 0. The van der Waals surface area contributed by atoms with Gasteiger partial charge in [-0.3, -0.25) is 0 Å². The van der Waals surface area contributed by atoms with Crippen LogP contribution in [0, 0.1) is 6.85 Å². The van der Waals surface area contributed by atoms with Crippen LogP contribution in [-0.4, -0.2) is 6.71 Å². The van der Waals surface area contributed by atoms with Gasteiger partial charge in [-0.15, -0.1) is 0 Å². The van der Waals surface area contributed by atoms with E-state index in [0.717, 1.165) is 39.6 Å². The lowest BCUT2D eigenvalue weighted by Gasteiger charge is -2.45. The van der Waals surface area contributed by atoms with Gasteiger partial charge < -0.3 is 9.80 Å². The van der Waals surface area contributed by atoms with Crippen LogP contribution in [0.4, 0.5) is 34.1 Å². The minimum absolute atomic E-state index is 0.00996. The summed E-state index contributed by atoms with van der Waals surface area (Å²) in [6.45, 7) is 17.9. The van der Waals surface area contributed by atoms with Gasteiger partial charge in [0, 0.05) is 38.2 Å². The van der Waals surface area contributed by atoms with Crippen molar-refractivity contribution in [3.63, 3.8) is 0 Å². The van der Waals surface area contributed by atoms with Crippen LogP contribution >= 0.6 is 0 Å². The molecule has 7 rings (SSSR count). The van der Waals surface area contributed by atoms with Crippen LogP contribution < -0.4 is 26.2 Å². The number of anilines is 6. The lowest BCUT2D eigenvalue weighted by Crippen LogP contribution is -2.61. The molecule has 0 N–H and O–H groups in total. The summed E-state index contributed by atoms with van der Waals surface area (Å²) in [6, 6.07) is 36.9. The molecule has 0 bridgehead atoms. The summed E-state index contributed by atoms with van der Waals surface area (Å²) in [5, 5.41) is 0. The summed E-state index contributed by atoms with van der Waals surface area (Å²) in [5.41, 5.74) is 13.7. The van der Waals surface area contributed by atoms with Crippen LogP contribution in [0.3, 0.4) is 0 Å². The number of fused-ring (bicyclic) bond motifs is 4. The van der Waals surface area contributed by atoms with Crippen LogP contribution in [0.25, 0.3) is 0 Å². The lowest BCUT2D eigenvalue weighted by atomic mass is 9.33. The molecule has 0 aliphatic carbocycles. The lowest BCUT2D eigenvalue weighted by molar-refractivity contribution is 0.590. The number of benzene rings is 5. The van der Waals surface area contributed by atoms with E-state index in [1.807, 2.05) is 18.2 Å². The van der Waals surface area contributed by atoms with Gasteiger partial charge in [0.15, 0.2) is 0 Å². The number of hydrogen-bond acceptors (Lipinski definition) is 2. The highest BCUT2D eigenvalue weighted by molar-refractivity contribution is 7.00. The second kappa shape index (κ2) is 10.4. The Kier molecular flexibility index (Phi) is 6.08. The molecule has 0 aromatic heterocycles. The van der Waals surface area contributed by atoms with Gasteiger partial charge in [0.1, 0.15) is 0 Å². The van der Waals surface area contributed by atoms with E-state index in [4.69, 9.17) is 4.11 Å². The van der Waals surface area contributed by atoms with Crippen molar-refractivity contribution in [2.45, 2.75) is 85.4 Å². The van der Waals surface area contributed by atoms with Crippen molar-refractivity contribution in [1.29, 1.82) is 0 Å². The molecule has 5 aromatic carbocycles. The second-order valence-electron chi connectivity index (χ2n) is 16.2. The normalized spacial score (nSPS) is 15.4. The number of hydrogen-bond donors (Lipinski definition) is 0. The number of nitrogens with zero attached hydrogens (tertiary/aromatic N) is 2. The van der Waals surface area contributed by atoms with E-state index in [9.17, 15) is 0 Å². The highest BCUT2D eigenvalue weighted by Gasteiger charge is 2.44. The van der Waals surface area contributed by atoms with Crippen LogP contribution in [0.2, 0.25) is 0 Å². The zero-order valence-corrected chi connectivity index (χ0v) is 28.8. The van der Waals surface area contributed by atoms with Crippen molar-refractivity contribution in [2.75, 3.05) is 9.80 Å². The van der Waals surface area contributed by atoms with Crippen LogP contribution in [0.15, 0.2) is 103 Å². The van der Waals surface area contributed by atoms with Gasteiger partial charge in [-0.25, -0.2) is 0 Å². The minimum Gasteiger partial charge on any atom is -0.311 e. The van der Waals surface area contributed by atoms with Gasteiger partial charge in [-0.2, -0.15) is 0 Å². The summed E-state index contributed by atoms with van der Waals surface area (Å²) in [4.78, 5) is 4.59. The molecule has 5 aromatic rings. The van der Waals surface area contributed by atoms with Crippen LogP contribution in [0.5, 0.6) is 0 Å². The first-order valence-electron chi connectivity index (χ1n) is 18.1. The number of aryl methyl sites for hydroxylation is 1. The van der Waals surface area contributed by atoms with Crippen molar-refractivity contribution in [2.24, 2.45) is 0 Å². The summed E-state index contributed by atoms with van der Waals surface area (Å²) >= 11 is 0. The Morgan fingerprint density at radius 3 is 1.35 bits per heavy atom. The third-order valence-corrected chi connectivity index (χ3v) is 9.80. The van der Waals surface area contributed by atoms with E-state index in [1.165, 1.54) is 27.6 Å². The zero-order chi connectivity index (χ0) is 35.3. The Labute approximate surface area is 281 Å². The molecule has 0 amide bonds. The average molecular weight is 606 g/mol. The second-order valence-corrected chi connectivity index (χ2v) is 16.2. The van der Waals surface area contributed by atoms with E-state index in [1.54, 1.807) is 0 Å². The first kappa shape index (κ1) is 26.9. The van der Waals surface area contributed by atoms with Crippen molar-refractivity contribution >= 4 is 57.2 Å². The maximum absolute atomic E-state index is 8.65. The first-order valence-corrected chi connectivity index (χ1v) is 16.6. The van der Waals surface area contributed by atoms with E-state index in [-0.39, 0.29) is 23.0 Å². The third kappa shape index (κ3) is 4.96. The summed E-state index contributed by atoms with van der Waals surface area (Å²) < 4.78 is 25.9. The van der Waals surface area contributed by atoms with Crippen molar-refractivity contribution in [1.82, 2.24) is 0 Å². The first-order chi connectivity index (χ1) is 22.8. The number of rotatable bonds is 2. The molecule has 0 unspecified atom stereocenters. The molecule has 0 radical (unpaired) electrons. The quantitative estimate of drug-likeness (QED) is 0.181. The smallest absolute Gasteiger partial charge is 0.252 e. The molecule has 2 aliphatic rings. The Morgan fingerprint density at radius 1 is 0.478 bits per heavy atom. The Hall–Kier alpha value is -4.24. The van der Waals surface area contributed by atoms with Crippen molar-refractivity contribution in [3.8, 4) is 0 Å². The van der Waals surface area contributed by atoms with Crippen molar-refractivity contribution in [3.05, 3.63) is 125 Å². The predicted octanol–water partition coefficient (Wildman–Crippen LogP) is 9.97. The van der Waals surface area contributed by atoms with Gasteiger partial charge in [-0.05, 0) is 110 Å². The van der Waals surface area contributed by atoms with E-state index >= 15 is 0 Å². The molecule has 2 nitrogen and oxygen atoms in total. The summed E-state index contributed by atoms with van der Waals surface area (Å²) in [5.74, 6) is 0. The highest BCUT2D eigenvalue weighted by atomic mass is 15.2. The van der Waals surface area contributed by atoms with Crippen LogP contribution in [-0.2, 0) is 16.2 Å². The third-order valence-electron chi connectivity index (χ3n) is 9.80. The molecule has 46 heavy (non-hydrogen) atoms. The SMILES string of the molecule is [2H]C([2H])([2H])c1cc2c3c(c1)N(c1ccc(C(C)(C)C)cc1)c1ccc(C(C)(C)C)cc1B3c1cc(C(C)(C)C)ccc1N2c1ccccc1. The fraction of sp³-hybridized carbons (Fsp3) is 0.302. The molecular weight excluding hydrogens is 555 g/mol. The Bertz CT molecular complexity index is 2060. The molecule has 2 aliphatic heterocycles. The molecule has 232 valence electrons. The van der Waals surface area contributed by atoms with E-state index in [0.29, 0.717) is 5.56 Å². The fourth-order valence-electron chi connectivity index (χ4n) is 7.18. The Balaban J connectivity index is 1.63. The van der Waals surface area contributed by atoms with Gasteiger partial charge >= 0.3 is 0 Å². The molecule has 0 saturated carbocycles. The molecule has 0 fully saturated rings. The standard InChI is InChI=1S/C43H47BN2/c1-28-24-38-40-39(25-28)46(33-20-16-29(17-21-33)41(2,3)4)37-23-19-31(43(8,9)10)27-35(37)44(40)34-26-30(42(5,6)7)18-22-36(34)45(38)32-14-12-11-13-15-32/h11-27H,1-10H3/i1D3. The number of para-hydroxylation sites is 1. The van der Waals surface area contributed by atoms with E-state index < -0.39 is 6.85 Å². The Morgan fingerprint density at radius 2 is 0.913 bits per heavy atom. The van der Waals surface area contributed by atoms with Gasteiger partial charge in [0.2, 0.25) is 0 Å². The fourth-order valence-corrected chi connectivity index (χ4v) is 7.18. The van der Waals surface area contributed by atoms with Gasteiger partial charge in [0.25, 0.3) is 6.71 Å². The molecule has 0 atom stereocenters. The van der Waals surface area contributed by atoms with E-state index in [2.05, 4.69) is 157 Å². The van der Waals surface area contributed by atoms with Crippen molar-refractivity contribution < 1.29 is 4.11 Å². The zero-order valence-electron chi connectivity index (χ0n) is 31.8. The highest BCUT2D eigenvalue weighted by Crippen LogP contribution is 2.45. The topological polar surface area (TPSA) is 6.48 Å². The van der Waals surface area contributed by atoms with Gasteiger partial charge in [0.05, 0.1) is 0 Å². The maximum Gasteiger partial charge on any atom is 0.252 e. The monoisotopic (exact) mass is 605 g/mol. The molecule has 0 spiro atoms. The molecular formula is C43H47BN2. The predicted molar refractivity (Wildman–Crippen MR) is 201 cm³/mol. The molecule has 3 heteroatoms. The van der Waals surface area contributed by atoms with Crippen LogP contribution in [0.1, 0.15) is 88.7 Å². The summed E-state index contributed by atoms with van der Waals surface area (Å²) in [7, 11) is 0. The molecule has 2 heterocycles. The molecule has 0 saturated heterocycles. The average Bonchev–Trinajstić information content (AvgIpc) is 3.02. The minimum atomic E-state index is -2.29.